The van der Waals surface area contributed by atoms with Crippen LogP contribution in [0.25, 0.3) is 0 Å². The Kier molecular flexibility index (Phi) is 6.48. The van der Waals surface area contributed by atoms with Crippen LogP contribution in [0.1, 0.15) is 39.0 Å². The molecule has 164 valence electrons. The molecule has 1 aliphatic heterocycles. The number of piperidine rings is 1. The van der Waals surface area contributed by atoms with Crippen molar-refractivity contribution in [2.75, 3.05) is 13.2 Å². The van der Waals surface area contributed by atoms with Crippen LogP contribution in [0.15, 0.2) is 18.2 Å². The van der Waals surface area contributed by atoms with Gasteiger partial charge < -0.3 is 20.7 Å². The highest BCUT2D eigenvalue weighted by Crippen LogP contribution is 2.47. The first-order valence-corrected chi connectivity index (χ1v) is 11.2. The molecule has 4 rings (SSSR count). The first-order valence-electron chi connectivity index (χ1n) is 10.8. The zero-order chi connectivity index (χ0) is 21.3. The van der Waals surface area contributed by atoms with Crippen molar-refractivity contribution in [3.63, 3.8) is 0 Å². The molecule has 0 aromatic heterocycles. The number of nitrogens with one attached hydrogen (secondary N) is 3. The summed E-state index contributed by atoms with van der Waals surface area (Å²) in [4.78, 5) is 25.1. The van der Waals surface area contributed by atoms with Gasteiger partial charge in [0.1, 0.15) is 11.6 Å². The van der Waals surface area contributed by atoms with E-state index in [1.54, 1.807) is 0 Å². The predicted octanol–water partition coefficient (Wildman–Crippen LogP) is 2.65. The second-order valence-electron chi connectivity index (χ2n) is 8.93. The molecule has 3 aliphatic rings. The number of hydrogen-bond acceptors (Lipinski definition) is 4. The quantitative estimate of drug-likeness (QED) is 0.639. The Morgan fingerprint density at radius 1 is 1.17 bits per heavy atom. The monoisotopic (exact) mass is 437 g/mol. The van der Waals surface area contributed by atoms with Gasteiger partial charge in [0.15, 0.2) is 6.61 Å². The number of amides is 2. The molecule has 1 aromatic carbocycles. The largest absolute Gasteiger partial charge is 0.484 e. The van der Waals surface area contributed by atoms with Crippen molar-refractivity contribution >= 4 is 23.4 Å². The number of ether oxygens (including phenoxy) is 1. The highest BCUT2D eigenvalue weighted by atomic mass is 35.5. The average molecular weight is 438 g/mol. The molecule has 0 spiro atoms. The minimum Gasteiger partial charge on any atom is -0.484 e. The summed E-state index contributed by atoms with van der Waals surface area (Å²) < 4.78 is 18.9. The summed E-state index contributed by atoms with van der Waals surface area (Å²) in [5, 5.41) is 9.61. The second-order valence-corrected chi connectivity index (χ2v) is 9.34. The molecule has 0 radical (unpaired) electrons. The number of carbonyl (C=O) groups is 2. The van der Waals surface area contributed by atoms with Crippen molar-refractivity contribution in [3.05, 3.63) is 29.0 Å². The maximum absolute atomic E-state index is 13.5. The molecule has 6 nitrogen and oxygen atoms in total. The summed E-state index contributed by atoms with van der Waals surface area (Å²) >= 11 is 5.66. The van der Waals surface area contributed by atoms with E-state index < -0.39 is 5.82 Å². The van der Waals surface area contributed by atoms with Gasteiger partial charge in [-0.2, -0.15) is 0 Å². The molecule has 0 bridgehead atoms. The number of hydrogen-bond donors (Lipinski definition) is 3. The lowest BCUT2D eigenvalue weighted by molar-refractivity contribution is -0.125. The normalized spacial score (nSPS) is 32.6. The van der Waals surface area contributed by atoms with Crippen molar-refractivity contribution in [2.45, 2.75) is 57.2 Å². The molecule has 30 heavy (non-hydrogen) atoms. The lowest BCUT2D eigenvalue weighted by Gasteiger charge is -2.37. The fourth-order valence-corrected chi connectivity index (χ4v) is 5.18. The Bertz CT molecular complexity index is 808. The van der Waals surface area contributed by atoms with Crippen molar-refractivity contribution in [2.24, 2.45) is 17.8 Å². The Morgan fingerprint density at radius 2 is 1.90 bits per heavy atom. The summed E-state index contributed by atoms with van der Waals surface area (Å²) in [6.07, 6.45) is 4.86. The molecule has 5 unspecified atom stereocenters. The van der Waals surface area contributed by atoms with E-state index in [9.17, 15) is 14.0 Å². The number of benzene rings is 1. The van der Waals surface area contributed by atoms with E-state index in [-0.39, 0.29) is 47.3 Å². The third-order valence-corrected chi connectivity index (χ3v) is 7.15. The Hall–Kier alpha value is -1.86. The number of rotatable bonds is 6. The van der Waals surface area contributed by atoms with E-state index in [4.69, 9.17) is 16.3 Å². The van der Waals surface area contributed by atoms with Crippen LogP contribution in [0.5, 0.6) is 5.75 Å². The predicted molar refractivity (Wildman–Crippen MR) is 112 cm³/mol. The van der Waals surface area contributed by atoms with Crippen molar-refractivity contribution in [3.8, 4) is 5.75 Å². The first kappa shape index (κ1) is 21.4. The standard InChI is InChI=1S/C22H29ClFN3O3/c1-12-6-7-25-20(8-12)22(29)27-19-10-18(14-3-4-15(14)19)26-21(28)11-30-13-2-5-16(23)17(24)9-13/h2,5,9,12,14-15,18-20,25H,3-4,6-8,10-11H2,1H3,(H,26,28)(H,27,29)/t12?,14?,15?,18-,19?,20?/m0/s1. The fourth-order valence-electron chi connectivity index (χ4n) is 5.06. The molecule has 1 aromatic rings. The Morgan fingerprint density at radius 3 is 2.57 bits per heavy atom. The van der Waals surface area contributed by atoms with Crippen LogP contribution in [0.3, 0.4) is 0 Å². The molecule has 2 aliphatic carbocycles. The van der Waals surface area contributed by atoms with E-state index in [0.717, 1.165) is 38.6 Å². The lowest BCUT2D eigenvalue weighted by atomic mass is 9.73. The number of halogens is 2. The molecule has 1 saturated heterocycles. The zero-order valence-electron chi connectivity index (χ0n) is 17.1. The van der Waals surface area contributed by atoms with E-state index >= 15 is 0 Å². The maximum atomic E-state index is 13.5. The molecule has 8 heteroatoms. The van der Waals surface area contributed by atoms with Crippen LogP contribution in [0.2, 0.25) is 5.02 Å². The van der Waals surface area contributed by atoms with Gasteiger partial charge in [0.25, 0.3) is 5.91 Å². The van der Waals surface area contributed by atoms with Crippen LogP contribution < -0.4 is 20.7 Å². The SMILES string of the molecule is CC1CCNC(C(=O)NC2C[C@H](NC(=O)COc3ccc(Cl)c(F)c3)C3CCC23)C1. The summed E-state index contributed by atoms with van der Waals surface area (Å²) in [6, 6.07) is 4.11. The smallest absolute Gasteiger partial charge is 0.258 e. The molecular weight excluding hydrogens is 409 g/mol. The number of fused-ring (bicyclic) bond motifs is 1. The van der Waals surface area contributed by atoms with Crippen LogP contribution in [-0.2, 0) is 9.59 Å². The zero-order valence-corrected chi connectivity index (χ0v) is 17.9. The van der Waals surface area contributed by atoms with Gasteiger partial charge in [0.2, 0.25) is 5.91 Å². The minimum absolute atomic E-state index is 0.0137. The average Bonchev–Trinajstić information content (AvgIpc) is 2.90. The Labute approximate surface area is 181 Å². The highest BCUT2D eigenvalue weighted by Gasteiger charge is 2.49. The van der Waals surface area contributed by atoms with Crippen molar-refractivity contribution in [1.82, 2.24) is 16.0 Å². The topological polar surface area (TPSA) is 79.5 Å². The summed E-state index contributed by atoms with van der Waals surface area (Å²) in [5.41, 5.74) is 0. The van der Waals surface area contributed by atoms with Gasteiger partial charge in [-0.25, -0.2) is 4.39 Å². The van der Waals surface area contributed by atoms with Gasteiger partial charge >= 0.3 is 0 Å². The summed E-state index contributed by atoms with van der Waals surface area (Å²) in [7, 11) is 0. The van der Waals surface area contributed by atoms with E-state index in [2.05, 4.69) is 22.9 Å². The van der Waals surface area contributed by atoms with Crippen LogP contribution in [-0.4, -0.2) is 43.1 Å². The van der Waals surface area contributed by atoms with E-state index in [0.29, 0.717) is 17.8 Å². The minimum atomic E-state index is -0.580. The fraction of sp³-hybridized carbons (Fsp3) is 0.636. The van der Waals surface area contributed by atoms with Crippen LogP contribution >= 0.6 is 11.6 Å². The molecule has 3 N–H and O–H groups in total. The van der Waals surface area contributed by atoms with Crippen LogP contribution in [0.4, 0.5) is 4.39 Å². The third-order valence-electron chi connectivity index (χ3n) is 6.84. The lowest BCUT2D eigenvalue weighted by Crippen LogP contribution is -2.52. The Balaban J connectivity index is 1.26. The van der Waals surface area contributed by atoms with Crippen molar-refractivity contribution in [1.29, 1.82) is 0 Å². The van der Waals surface area contributed by atoms with Gasteiger partial charge in [0, 0.05) is 18.2 Å². The van der Waals surface area contributed by atoms with E-state index in [1.807, 2.05) is 0 Å². The first-order chi connectivity index (χ1) is 14.4. The number of carbonyl (C=O) groups excluding carboxylic acids is 2. The van der Waals surface area contributed by atoms with Crippen LogP contribution in [0, 0.1) is 23.6 Å². The second kappa shape index (κ2) is 9.10. The summed E-state index contributed by atoms with van der Waals surface area (Å²) in [6.45, 7) is 2.88. The third kappa shape index (κ3) is 4.72. The summed E-state index contributed by atoms with van der Waals surface area (Å²) in [5.74, 6) is 0.899. The van der Waals surface area contributed by atoms with Gasteiger partial charge in [0.05, 0.1) is 11.1 Å². The molecular formula is C22H29ClFN3O3. The molecule has 2 amide bonds. The van der Waals surface area contributed by atoms with Gasteiger partial charge in [-0.05, 0) is 68.5 Å². The highest BCUT2D eigenvalue weighted by molar-refractivity contribution is 6.30. The molecule has 1 heterocycles. The van der Waals surface area contributed by atoms with Gasteiger partial charge in [-0.1, -0.05) is 18.5 Å². The molecule has 2 saturated carbocycles. The molecule has 6 atom stereocenters. The van der Waals surface area contributed by atoms with Gasteiger partial charge in [-0.15, -0.1) is 0 Å². The molecule has 3 fully saturated rings. The van der Waals surface area contributed by atoms with Gasteiger partial charge in [-0.3, -0.25) is 9.59 Å². The van der Waals surface area contributed by atoms with Crippen molar-refractivity contribution < 1.29 is 18.7 Å². The maximum Gasteiger partial charge on any atom is 0.258 e. The van der Waals surface area contributed by atoms with E-state index in [1.165, 1.54) is 18.2 Å².